The van der Waals surface area contributed by atoms with Crippen LogP contribution in [0.5, 0.6) is 0 Å². The topological polar surface area (TPSA) is 6.25 Å². The molecule has 1 saturated heterocycles. The highest BCUT2D eigenvalue weighted by Gasteiger charge is 2.11. The maximum absolute atomic E-state index is 3.84. The molecule has 0 unspecified atom stereocenters. The maximum Gasteiger partial charge on any atom is 0.154 e. The summed E-state index contributed by atoms with van der Waals surface area (Å²) < 4.78 is 2.11. The molecule has 1 fully saturated rings. The molecule has 0 aromatic heterocycles. The van der Waals surface area contributed by atoms with Gasteiger partial charge in [-0.1, -0.05) is 0 Å². The van der Waals surface area contributed by atoms with Crippen molar-refractivity contribution in [3.63, 3.8) is 0 Å². The molecule has 0 amide bonds. The highest BCUT2D eigenvalue weighted by Crippen LogP contribution is 1.89. The van der Waals surface area contributed by atoms with Crippen LogP contribution in [-0.4, -0.2) is 49.4 Å². The Labute approximate surface area is 50.4 Å². The number of nitrogens with zero attached hydrogens (tertiary/aromatic N) is 2. The number of rotatable bonds is 0. The molecular weight excluding hydrogens is 101 g/mol. The van der Waals surface area contributed by atoms with E-state index < -0.39 is 0 Å². The van der Waals surface area contributed by atoms with Gasteiger partial charge < -0.3 is 0 Å². The Kier molecular flexibility index (Phi) is 1.63. The van der Waals surface area contributed by atoms with E-state index in [4.69, 9.17) is 0 Å². The van der Waals surface area contributed by atoms with Gasteiger partial charge in [0.25, 0.3) is 0 Å². The molecule has 8 heavy (non-hydrogen) atoms. The lowest BCUT2D eigenvalue weighted by molar-refractivity contribution is -0.530. The molecule has 1 aliphatic heterocycles. The Morgan fingerprint density at radius 2 is 1.88 bits per heavy atom. The molecule has 0 radical (unpaired) electrons. The normalized spacial score (nSPS) is 23.9. The molecule has 1 rings (SSSR count). The number of hydrogen-bond donors (Lipinski definition) is 0. The Bertz CT molecular complexity index is 88.7. The molecule has 0 atom stereocenters. The minimum Gasteiger partial charge on any atom is -0.294 e. The second-order valence-electron chi connectivity index (χ2n) is 2.42. The van der Waals surface area contributed by atoms with E-state index in [0.29, 0.717) is 0 Å². The molecule has 2 nitrogen and oxygen atoms in total. The predicted molar refractivity (Wildman–Crippen MR) is 34.6 cm³/mol. The quantitative estimate of drug-likeness (QED) is 0.308. The number of likely N-dealkylation sites (N-methyl/N-ethyl adjacent to an activating group) is 1. The summed E-state index contributed by atoms with van der Waals surface area (Å²) in [5, 5.41) is 0. The lowest BCUT2D eigenvalue weighted by Crippen LogP contribution is -2.38. The summed E-state index contributed by atoms with van der Waals surface area (Å²) in [4.78, 5) is 2.32. The average molecular weight is 114 g/mol. The van der Waals surface area contributed by atoms with Crippen LogP contribution in [0.2, 0.25) is 0 Å². The van der Waals surface area contributed by atoms with Crippen LogP contribution in [-0.2, 0) is 0 Å². The van der Waals surface area contributed by atoms with Crippen LogP contribution in [0.4, 0.5) is 0 Å². The van der Waals surface area contributed by atoms with E-state index in [1.807, 2.05) is 0 Å². The Morgan fingerprint density at radius 1 is 1.38 bits per heavy atom. The number of hydrogen-bond acceptors (Lipinski definition) is 1. The van der Waals surface area contributed by atoms with Gasteiger partial charge in [-0.3, -0.25) is 4.90 Å². The van der Waals surface area contributed by atoms with E-state index in [0.717, 1.165) is 13.1 Å². The van der Waals surface area contributed by atoms with E-state index in [1.165, 1.54) is 13.1 Å². The molecule has 2 heteroatoms. The van der Waals surface area contributed by atoms with Crippen LogP contribution in [0, 0.1) is 0 Å². The zero-order valence-electron chi connectivity index (χ0n) is 5.43. The smallest absolute Gasteiger partial charge is 0.154 e. The van der Waals surface area contributed by atoms with E-state index >= 15 is 0 Å². The van der Waals surface area contributed by atoms with Gasteiger partial charge in [0.1, 0.15) is 6.72 Å². The SMILES string of the molecule is CN1CC[N+](=[13CH2])CC1. The van der Waals surface area contributed by atoms with Crippen molar-refractivity contribution < 1.29 is 4.58 Å². The standard InChI is InChI=1S/C6H13N2/c1-7-3-5-8(2)6-4-7/h1,3-6H2,2H3/q+1/i1+1. The average Bonchev–Trinajstić information content (AvgIpc) is 1.77. The minimum absolute atomic E-state index is 1.12. The molecule has 0 saturated carbocycles. The van der Waals surface area contributed by atoms with Crippen LogP contribution in [0.15, 0.2) is 0 Å². The molecule has 0 spiro atoms. The fourth-order valence-electron chi connectivity index (χ4n) is 0.848. The van der Waals surface area contributed by atoms with Crippen molar-refractivity contribution >= 4 is 6.72 Å². The van der Waals surface area contributed by atoms with Crippen molar-refractivity contribution in [3.8, 4) is 0 Å². The molecular formula is C6H13N2+. The monoisotopic (exact) mass is 114 g/mol. The van der Waals surface area contributed by atoms with Gasteiger partial charge in [0.2, 0.25) is 0 Å². The van der Waals surface area contributed by atoms with Crippen molar-refractivity contribution in [2.45, 2.75) is 0 Å². The highest BCUT2D eigenvalue weighted by atomic mass is 15.2. The summed E-state index contributed by atoms with van der Waals surface area (Å²) in [5.41, 5.74) is 0. The first kappa shape index (κ1) is 5.76. The van der Waals surface area contributed by atoms with Crippen LogP contribution in [0.3, 0.4) is 0 Å². The summed E-state index contributed by atoms with van der Waals surface area (Å²) >= 11 is 0. The fraction of sp³-hybridized carbons (Fsp3) is 0.833. The van der Waals surface area contributed by atoms with Gasteiger partial charge in [-0.15, -0.1) is 0 Å². The summed E-state index contributed by atoms with van der Waals surface area (Å²) in [6, 6.07) is 0. The van der Waals surface area contributed by atoms with Gasteiger partial charge in [0.15, 0.2) is 13.1 Å². The van der Waals surface area contributed by atoms with Gasteiger partial charge in [0.05, 0.1) is 13.1 Å². The largest absolute Gasteiger partial charge is 0.294 e. The molecule has 0 aromatic rings. The van der Waals surface area contributed by atoms with Crippen molar-refractivity contribution in [1.82, 2.24) is 4.90 Å². The number of piperazine rings is 1. The van der Waals surface area contributed by atoms with Crippen LogP contribution >= 0.6 is 0 Å². The third kappa shape index (κ3) is 1.30. The molecule has 0 aromatic carbocycles. The second kappa shape index (κ2) is 2.27. The second-order valence-corrected chi connectivity index (χ2v) is 2.42. The Hall–Kier alpha value is -0.370. The van der Waals surface area contributed by atoms with Crippen LogP contribution in [0.1, 0.15) is 0 Å². The maximum atomic E-state index is 3.84. The first-order valence-corrected chi connectivity index (χ1v) is 3.03. The van der Waals surface area contributed by atoms with Gasteiger partial charge in [-0.2, -0.15) is 0 Å². The fourth-order valence-corrected chi connectivity index (χ4v) is 0.848. The predicted octanol–water partition coefficient (Wildman–Crippen LogP) is -0.355. The molecule has 46 valence electrons. The van der Waals surface area contributed by atoms with Gasteiger partial charge in [-0.25, -0.2) is 4.58 Å². The van der Waals surface area contributed by atoms with E-state index in [9.17, 15) is 0 Å². The molecule has 0 N–H and O–H groups in total. The van der Waals surface area contributed by atoms with E-state index in [-0.39, 0.29) is 0 Å². The summed E-state index contributed by atoms with van der Waals surface area (Å²) in [6.45, 7) is 8.42. The molecule has 0 bridgehead atoms. The van der Waals surface area contributed by atoms with Gasteiger partial charge >= 0.3 is 0 Å². The zero-order chi connectivity index (χ0) is 5.98. The van der Waals surface area contributed by atoms with E-state index in [2.05, 4.69) is 23.2 Å². The first-order valence-electron chi connectivity index (χ1n) is 3.03. The molecule has 0 aliphatic carbocycles. The first-order chi connectivity index (χ1) is 3.79. The van der Waals surface area contributed by atoms with Gasteiger partial charge in [-0.05, 0) is 7.05 Å². The van der Waals surface area contributed by atoms with Gasteiger partial charge in [0, 0.05) is 0 Å². The molecule has 1 heterocycles. The summed E-state index contributed by atoms with van der Waals surface area (Å²) in [7, 11) is 2.15. The van der Waals surface area contributed by atoms with Crippen LogP contribution in [0.25, 0.3) is 0 Å². The van der Waals surface area contributed by atoms with Crippen molar-refractivity contribution in [1.29, 1.82) is 0 Å². The minimum atomic E-state index is 1.12. The third-order valence-electron chi connectivity index (χ3n) is 1.60. The highest BCUT2D eigenvalue weighted by molar-refractivity contribution is 5.14. The van der Waals surface area contributed by atoms with E-state index in [1.54, 1.807) is 0 Å². The van der Waals surface area contributed by atoms with Crippen LogP contribution < -0.4 is 0 Å². The summed E-state index contributed by atoms with van der Waals surface area (Å²) in [5.74, 6) is 0. The Balaban J connectivity index is 2.29. The van der Waals surface area contributed by atoms with Crippen molar-refractivity contribution in [2.75, 3.05) is 33.2 Å². The lowest BCUT2D eigenvalue weighted by Gasteiger charge is -2.18. The Morgan fingerprint density at radius 3 is 2.25 bits per heavy atom. The summed E-state index contributed by atoms with van der Waals surface area (Å²) in [6.07, 6.45) is 0. The third-order valence-corrected chi connectivity index (χ3v) is 1.60. The van der Waals surface area contributed by atoms with Crippen molar-refractivity contribution in [2.24, 2.45) is 0 Å². The lowest BCUT2D eigenvalue weighted by atomic mass is 10.4. The molecule has 1 aliphatic rings. The van der Waals surface area contributed by atoms with Crippen molar-refractivity contribution in [3.05, 3.63) is 0 Å². The zero-order valence-corrected chi connectivity index (χ0v) is 5.43.